The van der Waals surface area contributed by atoms with Crippen LogP contribution in [0, 0.1) is 0 Å². The molecule has 0 saturated carbocycles. The first-order valence-corrected chi connectivity index (χ1v) is 7.74. The van der Waals surface area contributed by atoms with E-state index in [1.807, 2.05) is 0 Å². The van der Waals surface area contributed by atoms with E-state index >= 15 is 0 Å². The summed E-state index contributed by atoms with van der Waals surface area (Å²) in [4.78, 5) is 4.69. The zero-order chi connectivity index (χ0) is 14.5. The molecule has 3 rings (SSSR count). The lowest BCUT2D eigenvalue weighted by atomic mass is 10.1. The van der Waals surface area contributed by atoms with Gasteiger partial charge in [-0.05, 0) is 5.56 Å². The maximum atomic E-state index is 4.69. The Morgan fingerprint density at radius 1 is 0.905 bits per heavy atom. The van der Waals surface area contributed by atoms with E-state index in [0.717, 1.165) is 37.1 Å². The summed E-state index contributed by atoms with van der Waals surface area (Å²) in [5.41, 5.74) is 2.82. The summed E-state index contributed by atoms with van der Waals surface area (Å²) in [6.07, 6.45) is 1.11. The summed E-state index contributed by atoms with van der Waals surface area (Å²) in [6, 6.07) is 21.6. The van der Waals surface area contributed by atoms with Gasteiger partial charge in [-0.25, -0.2) is 4.99 Å². The molecule has 1 aliphatic heterocycles. The van der Waals surface area contributed by atoms with Crippen molar-refractivity contribution in [2.45, 2.75) is 19.9 Å². The van der Waals surface area contributed by atoms with Gasteiger partial charge in [0.15, 0.2) is 5.84 Å². The van der Waals surface area contributed by atoms with Crippen molar-refractivity contribution in [1.29, 1.82) is 0 Å². The van der Waals surface area contributed by atoms with E-state index in [1.165, 1.54) is 17.0 Å². The van der Waals surface area contributed by atoms with E-state index in [0.29, 0.717) is 0 Å². The Balaban J connectivity index is 1.76. The minimum atomic E-state index is 0.966. The Kier molecular flexibility index (Phi) is 4.16. The number of nitrogens with zero attached hydrogens (tertiary/aromatic N) is 2. The van der Waals surface area contributed by atoms with E-state index in [9.17, 15) is 0 Å². The van der Waals surface area contributed by atoms with Crippen LogP contribution in [-0.4, -0.2) is 30.0 Å². The molecular formula is C19H23N2+. The lowest BCUT2D eigenvalue weighted by Gasteiger charge is -2.34. The second-order valence-electron chi connectivity index (χ2n) is 5.90. The van der Waals surface area contributed by atoms with Gasteiger partial charge in [-0.1, -0.05) is 60.7 Å². The fourth-order valence-electron chi connectivity index (χ4n) is 3.18. The summed E-state index contributed by atoms with van der Waals surface area (Å²) in [7, 11) is 0. The Morgan fingerprint density at radius 2 is 1.52 bits per heavy atom. The third-order valence-electron chi connectivity index (χ3n) is 4.55. The van der Waals surface area contributed by atoms with Crippen LogP contribution in [0.3, 0.4) is 0 Å². The topological polar surface area (TPSA) is 12.4 Å². The van der Waals surface area contributed by atoms with Crippen LogP contribution in [0.25, 0.3) is 0 Å². The van der Waals surface area contributed by atoms with Gasteiger partial charge in [0.1, 0.15) is 13.1 Å². The van der Waals surface area contributed by atoms with Crippen LogP contribution in [-0.2, 0) is 13.0 Å². The summed E-state index contributed by atoms with van der Waals surface area (Å²) >= 11 is 0. The molecule has 2 aromatic rings. The second-order valence-corrected chi connectivity index (χ2v) is 5.90. The van der Waals surface area contributed by atoms with E-state index in [-0.39, 0.29) is 0 Å². The summed E-state index contributed by atoms with van der Waals surface area (Å²) in [6.45, 7) is 6.49. The van der Waals surface area contributed by atoms with Crippen molar-refractivity contribution in [3.63, 3.8) is 0 Å². The molecule has 1 heterocycles. The molecule has 0 radical (unpaired) electrons. The fourth-order valence-corrected chi connectivity index (χ4v) is 3.18. The molecule has 108 valence electrons. The van der Waals surface area contributed by atoms with Gasteiger partial charge in [-0.3, -0.25) is 4.48 Å². The van der Waals surface area contributed by atoms with E-state index < -0.39 is 0 Å². The number of amidine groups is 1. The van der Waals surface area contributed by atoms with Crippen molar-refractivity contribution >= 4 is 5.84 Å². The van der Waals surface area contributed by atoms with Gasteiger partial charge < -0.3 is 0 Å². The van der Waals surface area contributed by atoms with Crippen molar-refractivity contribution < 1.29 is 4.48 Å². The van der Waals surface area contributed by atoms with E-state index in [2.05, 4.69) is 72.6 Å². The fraction of sp³-hybridized carbons (Fsp3) is 0.316. The van der Waals surface area contributed by atoms with Gasteiger partial charge in [0, 0.05) is 18.9 Å². The molecule has 0 aromatic heterocycles. The molecule has 0 amide bonds. The molecule has 1 aliphatic rings. The molecule has 0 saturated heterocycles. The molecule has 2 nitrogen and oxygen atoms in total. The van der Waals surface area contributed by atoms with Crippen molar-refractivity contribution in [3.8, 4) is 0 Å². The standard InChI is InChI=1S/C19H23N2/c1-17-20-13-15-21(17,16-19-10-6-3-7-11-19)14-12-18-8-4-2-5-9-18/h2-11H,12-16H2,1H3/q+1. The first-order valence-electron chi connectivity index (χ1n) is 7.74. The number of benzene rings is 2. The first kappa shape index (κ1) is 14.0. The number of rotatable bonds is 5. The Hall–Kier alpha value is -1.93. The molecule has 2 aromatic carbocycles. The second kappa shape index (κ2) is 6.23. The van der Waals surface area contributed by atoms with Gasteiger partial charge in [0.05, 0.1) is 13.1 Å². The quantitative estimate of drug-likeness (QED) is 0.740. The van der Waals surface area contributed by atoms with Crippen LogP contribution in [0.2, 0.25) is 0 Å². The van der Waals surface area contributed by atoms with Crippen molar-refractivity contribution in [2.24, 2.45) is 4.99 Å². The van der Waals surface area contributed by atoms with E-state index in [1.54, 1.807) is 0 Å². The average Bonchev–Trinajstić information content (AvgIpc) is 2.88. The van der Waals surface area contributed by atoms with Gasteiger partial charge in [0.25, 0.3) is 0 Å². The minimum absolute atomic E-state index is 0.966. The lowest BCUT2D eigenvalue weighted by Crippen LogP contribution is -2.50. The molecule has 0 N–H and O–H groups in total. The molecule has 0 aliphatic carbocycles. The van der Waals surface area contributed by atoms with Crippen LogP contribution in [0.4, 0.5) is 0 Å². The largest absolute Gasteiger partial charge is 0.273 e. The average molecular weight is 279 g/mol. The van der Waals surface area contributed by atoms with Gasteiger partial charge in [0.2, 0.25) is 0 Å². The zero-order valence-corrected chi connectivity index (χ0v) is 12.7. The third-order valence-corrected chi connectivity index (χ3v) is 4.55. The van der Waals surface area contributed by atoms with Gasteiger partial charge in [-0.2, -0.15) is 0 Å². The summed E-state index contributed by atoms with van der Waals surface area (Å²) in [5, 5.41) is 0. The Bertz CT molecular complexity index is 604. The molecular weight excluding hydrogens is 256 g/mol. The maximum Gasteiger partial charge on any atom is 0.195 e. The van der Waals surface area contributed by atoms with Gasteiger partial charge >= 0.3 is 0 Å². The highest BCUT2D eigenvalue weighted by atomic mass is 15.4. The van der Waals surface area contributed by atoms with Crippen LogP contribution < -0.4 is 0 Å². The summed E-state index contributed by atoms with van der Waals surface area (Å²) in [5.74, 6) is 1.29. The Labute approximate surface area is 127 Å². The predicted molar refractivity (Wildman–Crippen MR) is 88.3 cm³/mol. The number of hydrogen-bond acceptors (Lipinski definition) is 1. The highest BCUT2D eigenvalue weighted by Crippen LogP contribution is 2.21. The zero-order valence-electron chi connectivity index (χ0n) is 12.7. The lowest BCUT2D eigenvalue weighted by molar-refractivity contribution is -0.849. The smallest absolute Gasteiger partial charge is 0.195 e. The monoisotopic (exact) mass is 279 g/mol. The molecule has 0 fully saturated rings. The molecule has 0 bridgehead atoms. The van der Waals surface area contributed by atoms with Crippen molar-refractivity contribution in [3.05, 3.63) is 71.8 Å². The highest BCUT2D eigenvalue weighted by molar-refractivity contribution is 5.74. The summed E-state index contributed by atoms with van der Waals surface area (Å²) < 4.78 is 1.01. The minimum Gasteiger partial charge on any atom is -0.273 e. The molecule has 21 heavy (non-hydrogen) atoms. The maximum absolute atomic E-state index is 4.69. The van der Waals surface area contributed by atoms with Crippen molar-refractivity contribution in [2.75, 3.05) is 19.6 Å². The predicted octanol–water partition coefficient (Wildman–Crippen LogP) is 3.68. The molecule has 1 atom stereocenters. The molecule has 1 unspecified atom stereocenters. The first-order chi connectivity index (χ1) is 10.3. The van der Waals surface area contributed by atoms with E-state index in [4.69, 9.17) is 0 Å². The molecule has 0 spiro atoms. The number of aliphatic imine (C=N–C) groups is 1. The number of quaternary nitrogens is 1. The number of hydrogen-bond donors (Lipinski definition) is 0. The van der Waals surface area contributed by atoms with Crippen LogP contribution in [0.5, 0.6) is 0 Å². The van der Waals surface area contributed by atoms with Gasteiger partial charge in [-0.15, -0.1) is 0 Å². The van der Waals surface area contributed by atoms with Crippen LogP contribution >= 0.6 is 0 Å². The third kappa shape index (κ3) is 3.22. The SMILES string of the molecule is CC1=NCC[N+]1(CCc1ccccc1)Cc1ccccc1. The van der Waals surface area contributed by atoms with Crippen LogP contribution in [0.15, 0.2) is 65.7 Å². The molecule has 2 heteroatoms. The van der Waals surface area contributed by atoms with Crippen LogP contribution in [0.1, 0.15) is 18.1 Å². The Morgan fingerprint density at radius 3 is 2.10 bits per heavy atom. The highest BCUT2D eigenvalue weighted by Gasteiger charge is 2.35. The van der Waals surface area contributed by atoms with Crippen molar-refractivity contribution in [1.82, 2.24) is 0 Å². The normalized spacial score (nSPS) is 21.3.